The summed E-state index contributed by atoms with van der Waals surface area (Å²) in [5.74, 6) is -0.907. The second-order valence-corrected chi connectivity index (χ2v) is 2.93. The molecule has 0 amide bonds. The van der Waals surface area contributed by atoms with Crippen LogP contribution in [0.5, 0.6) is 0 Å². The van der Waals surface area contributed by atoms with Crippen LogP contribution in [0.4, 0.5) is 0 Å². The van der Waals surface area contributed by atoms with Gasteiger partial charge in [-0.15, -0.1) is 0 Å². The number of esters is 2. The molecule has 0 bridgehead atoms. The van der Waals surface area contributed by atoms with Crippen LogP contribution in [0.1, 0.15) is 13.8 Å². The van der Waals surface area contributed by atoms with Crippen LogP contribution < -0.4 is 0 Å². The molecule has 0 spiro atoms. The first-order valence-electron chi connectivity index (χ1n) is 3.58. The van der Waals surface area contributed by atoms with E-state index in [0.717, 1.165) is 0 Å². The Balaban J connectivity index is 4.42. The van der Waals surface area contributed by atoms with Gasteiger partial charge in [0.05, 0.1) is 12.7 Å². The van der Waals surface area contributed by atoms with Crippen molar-refractivity contribution in [3.05, 3.63) is 9.66 Å². The number of carbonyl (C=O) groups is 2. The van der Waals surface area contributed by atoms with Crippen LogP contribution >= 0.6 is 22.6 Å². The zero-order valence-corrected chi connectivity index (χ0v) is 9.82. The number of hydrogen-bond acceptors (Lipinski definition) is 4. The summed E-state index contributed by atoms with van der Waals surface area (Å²) in [7, 11) is 1.28. The van der Waals surface area contributed by atoms with E-state index < -0.39 is 18.0 Å². The van der Waals surface area contributed by atoms with E-state index in [4.69, 9.17) is 4.74 Å². The fourth-order valence-electron chi connectivity index (χ4n) is 0.729. The Bertz CT molecular complexity index is 234. The quantitative estimate of drug-likeness (QED) is 0.449. The maximum Gasteiger partial charge on any atom is 0.337 e. The van der Waals surface area contributed by atoms with Crippen LogP contribution in [0.3, 0.4) is 0 Å². The van der Waals surface area contributed by atoms with Crippen LogP contribution in [-0.2, 0) is 19.1 Å². The molecule has 4 nitrogen and oxygen atoms in total. The molecule has 74 valence electrons. The zero-order chi connectivity index (χ0) is 10.4. The van der Waals surface area contributed by atoms with Crippen LogP contribution in [-0.4, -0.2) is 25.2 Å². The Hall–Kier alpha value is -0.590. The van der Waals surface area contributed by atoms with Gasteiger partial charge in [0, 0.05) is 6.92 Å². The van der Waals surface area contributed by atoms with E-state index in [2.05, 4.69) is 4.74 Å². The highest BCUT2D eigenvalue weighted by atomic mass is 127. The van der Waals surface area contributed by atoms with E-state index >= 15 is 0 Å². The van der Waals surface area contributed by atoms with Crippen LogP contribution in [0, 0.1) is 0 Å². The maximum absolute atomic E-state index is 11.1. The fraction of sp³-hybridized carbons (Fsp3) is 0.500. The standard InChI is InChI=1S/C8H11IO4/c1-5(13-6(2)10)7(4-9)8(11)12-3/h4-5H,1-3H3/b7-4+. The molecule has 5 heteroatoms. The molecule has 0 rings (SSSR count). The highest BCUT2D eigenvalue weighted by Gasteiger charge is 2.19. The van der Waals surface area contributed by atoms with Crippen LogP contribution in [0.25, 0.3) is 0 Å². The van der Waals surface area contributed by atoms with Gasteiger partial charge >= 0.3 is 11.9 Å². The molecule has 0 saturated carbocycles. The van der Waals surface area contributed by atoms with E-state index in [0.29, 0.717) is 5.57 Å². The Morgan fingerprint density at radius 3 is 2.31 bits per heavy atom. The highest BCUT2D eigenvalue weighted by Crippen LogP contribution is 2.11. The summed E-state index contributed by atoms with van der Waals surface area (Å²) >= 11 is 1.90. The highest BCUT2D eigenvalue weighted by molar-refractivity contribution is 14.1. The molecule has 0 aromatic rings. The van der Waals surface area contributed by atoms with E-state index in [9.17, 15) is 9.59 Å². The Morgan fingerprint density at radius 1 is 1.46 bits per heavy atom. The molecule has 1 atom stereocenters. The monoisotopic (exact) mass is 298 g/mol. The molecule has 1 unspecified atom stereocenters. The SMILES string of the molecule is COC(=O)/C(=C/I)C(C)OC(C)=O. The van der Waals surface area contributed by atoms with Crippen molar-refractivity contribution in [2.75, 3.05) is 7.11 Å². The van der Waals surface area contributed by atoms with E-state index in [-0.39, 0.29) is 0 Å². The van der Waals surface area contributed by atoms with E-state index in [1.54, 1.807) is 6.92 Å². The Labute approximate surface area is 90.4 Å². The first-order valence-corrected chi connectivity index (χ1v) is 4.83. The third kappa shape index (κ3) is 4.25. The summed E-state index contributed by atoms with van der Waals surface area (Å²) in [6.45, 7) is 2.90. The van der Waals surface area contributed by atoms with Gasteiger partial charge in [0.25, 0.3) is 0 Å². The van der Waals surface area contributed by atoms with Crippen LogP contribution in [0.2, 0.25) is 0 Å². The Kier molecular flexibility index (Phi) is 5.68. The lowest BCUT2D eigenvalue weighted by molar-refractivity contribution is -0.146. The van der Waals surface area contributed by atoms with Crippen molar-refractivity contribution in [3.63, 3.8) is 0 Å². The smallest absolute Gasteiger partial charge is 0.337 e. The van der Waals surface area contributed by atoms with Crippen molar-refractivity contribution in [1.29, 1.82) is 0 Å². The minimum absolute atomic E-state index is 0.332. The molecular weight excluding hydrogens is 287 g/mol. The second kappa shape index (κ2) is 5.95. The Morgan fingerprint density at radius 2 is 2.00 bits per heavy atom. The molecule has 0 aromatic heterocycles. The number of carbonyl (C=O) groups excluding carboxylic acids is 2. The number of halogens is 1. The van der Waals surface area contributed by atoms with Crippen molar-refractivity contribution in [2.24, 2.45) is 0 Å². The van der Waals surface area contributed by atoms with Crippen LogP contribution in [0.15, 0.2) is 9.66 Å². The predicted octanol–water partition coefficient (Wildman–Crippen LogP) is 1.43. The lowest BCUT2D eigenvalue weighted by Crippen LogP contribution is -2.21. The van der Waals surface area contributed by atoms with Gasteiger partial charge in [-0.1, -0.05) is 22.6 Å². The fourth-order valence-corrected chi connectivity index (χ4v) is 1.49. The van der Waals surface area contributed by atoms with Crippen molar-refractivity contribution in [2.45, 2.75) is 20.0 Å². The lowest BCUT2D eigenvalue weighted by Gasteiger charge is -2.12. The summed E-state index contributed by atoms with van der Waals surface area (Å²) in [5, 5.41) is 0. The minimum atomic E-state index is -0.568. The largest absolute Gasteiger partial charge is 0.466 e. The lowest BCUT2D eigenvalue weighted by atomic mass is 10.2. The van der Waals surface area contributed by atoms with E-state index in [1.807, 2.05) is 22.6 Å². The number of hydrogen-bond donors (Lipinski definition) is 0. The molecule has 0 aliphatic rings. The van der Waals surface area contributed by atoms with Gasteiger partial charge in [-0.25, -0.2) is 4.79 Å². The summed E-state index contributed by atoms with van der Waals surface area (Å²) in [4.78, 5) is 21.7. The second-order valence-electron chi connectivity index (χ2n) is 2.31. The van der Waals surface area contributed by atoms with Crippen molar-refractivity contribution < 1.29 is 19.1 Å². The molecule has 0 aliphatic carbocycles. The maximum atomic E-state index is 11.1. The van der Waals surface area contributed by atoms with Gasteiger partial charge in [-0.3, -0.25) is 4.79 Å². The zero-order valence-electron chi connectivity index (χ0n) is 7.67. The predicted molar refractivity (Wildman–Crippen MR) is 55.3 cm³/mol. The van der Waals surface area contributed by atoms with Gasteiger partial charge in [-0.2, -0.15) is 0 Å². The van der Waals surface area contributed by atoms with E-state index in [1.165, 1.54) is 18.1 Å². The molecule has 0 saturated heterocycles. The van der Waals surface area contributed by atoms with Crippen molar-refractivity contribution in [1.82, 2.24) is 0 Å². The van der Waals surface area contributed by atoms with Gasteiger partial charge in [-0.05, 0) is 11.0 Å². The molecule has 0 aromatic carbocycles. The summed E-state index contributed by atoms with van der Waals surface area (Å²) in [6, 6.07) is 0. The third-order valence-corrected chi connectivity index (χ3v) is 1.99. The first-order chi connectivity index (χ1) is 6.02. The molecule has 0 heterocycles. The van der Waals surface area contributed by atoms with Crippen molar-refractivity contribution >= 4 is 34.5 Å². The van der Waals surface area contributed by atoms with Gasteiger partial charge in [0.15, 0.2) is 0 Å². The normalized spacial score (nSPS) is 13.4. The topological polar surface area (TPSA) is 52.6 Å². The first kappa shape index (κ1) is 12.4. The number of methoxy groups -OCH3 is 1. The molecule has 0 N–H and O–H groups in total. The molecular formula is C8H11IO4. The average Bonchev–Trinajstić information content (AvgIpc) is 2.03. The van der Waals surface area contributed by atoms with Gasteiger partial charge < -0.3 is 9.47 Å². The number of rotatable bonds is 3. The van der Waals surface area contributed by atoms with Crippen molar-refractivity contribution in [3.8, 4) is 0 Å². The minimum Gasteiger partial charge on any atom is -0.466 e. The number of ether oxygens (including phenoxy) is 2. The average molecular weight is 298 g/mol. The summed E-state index contributed by atoms with van der Waals surface area (Å²) < 4.78 is 10.9. The molecule has 13 heavy (non-hydrogen) atoms. The molecule has 0 radical (unpaired) electrons. The van der Waals surface area contributed by atoms with Gasteiger partial charge in [0.1, 0.15) is 6.10 Å². The third-order valence-electron chi connectivity index (χ3n) is 1.32. The molecule has 0 aliphatic heterocycles. The summed E-state index contributed by atoms with van der Waals surface area (Å²) in [6.07, 6.45) is -0.568. The van der Waals surface area contributed by atoms with Gasteiger partial charge in [0.2, 0.25) is 0 Å². The molecule has 0 fully saturated rings. The summed E-state index contributed by atoms with van der Waals surface area (Å²) in [5.41, 5.74) is 0.332.